The number of hydrogen-bond donors (Lipinski definition) is 1. The number of nitrogens with zero attached hydrogens (tertiary/aromatic N) is 3. The number of amides is 1. The van der Waals surface area contributed by atoms with Crippen molar-refractivity contribution in [2.24, 2.45) is 0 Å². The highest BCUT2D eigenvalue weighted by Crippen LogP contribution is 2.25. The predicted molar refractivity (Wildman–Crippen MR) is 79.3 cm³/mol. The van der Waals surface area contributed by atoms with Gasteiger partial charge in [0.05, 0.1) is 25.3 Å². The fourth-order valence-electron chi connectivity index (χ4n) is 2.07. The van der Waals surface area contributed by atoms with Crippen molar-refractivity contribution in [1.82, 2.24) is 20.5 Å². The summed E-state index contributed by atoms with van der Waals surface area (Å²) in [7, 11) is 0. The first-order valence-corrected chi connectivity index (χ1v) is 7.47. The number of nitrogens with one attached hydrogen (secondary N) is 1. The third-order valence-corrected chi connectivity index (χ3v) is 3.47. The summed E-state index contributed by atoms with van der Waals surface area (Å²) in [4.78, 5) is 16.2. The highest BCUT2D eigenvalue weighted by molar-refractivity contribution is 6.32. The highest BCUT2D eigenvalue weighted by Gasteiger charge is 2.20. The summed E-state index contributed by atoms with van der Waals surface area (Å²) in [5, 5.41) is 10.4. The maximum Gasteiger partial charge on any atom is 0.253 e. The van der Waals surface area contributed by atoms with Crippen LogP contribution in [0.4, 0.5) is 0 Å². The van der Waals surface area contributed by atoms with Crippen molar-refractivity contribution in [1.29, 1.82) is 0 Å². The molecule has 0 radical (unpaired) electrons. The van der Waals surface area contributed by atoms with Crippen LogP contribution in [0.15, 0.2) is 16.7 Å². The monoisotopic (exact) mass is 338 g/mol. The Kier molecular flexibility index (Phi) is 4.73. The van der Waals surface area contributed by atoms with E-state index < -0.39 is 0 Å². The van der Waals surface area contributed by atoms with E-state index in [1.165, 1.54) is 12.3 Å². The van der Waals surface area contributed by atoms with Gasteiger partial charge >= 0.3 is 0 Å². The standard InChI is InChI=1S/C14H15ClN4O4/c1-8-18-19-12(22-8)6-16-13(20)9-4-11(15)14(17-5-9)23-10-2-3-21-7-10/h4-5,10H,2-3,6-7H2,1H3,(H,16,20). The first-order chi connectivity index (χ1) is 11.1. The lowest BCUT2D eigenvalue weighted by Crippen LogP contribution is -2.23. The van der Waals surface area contributed by atoms with Crippen LogP contribution >= 0.6 is 11.6 Å². The van der Waals surface area contributed by atoms with Gasteiger partial charge in [-0.2, -0.15) is 0 Å². The third-order valence-electron chi connectivity index (χ3n) is 3.20. The van der Waals surface area contributed by atoms with E-state index in [4.69, 9.17) is 25.5 Å². The summed E-state index contributed by atoms with van der Waals surface area (Å²) < 4.78 is 16.0. The normalized spacial score (nSPS) is 17.2. The molecule has 1 saturated heterocycles. The molecule has 0 aromatic carbocycles. The van der Waals surface area contributed by atoms with Gasteiger partial charge in [-0.25, -0.2) is 4.98 Å². The molecule has 3 heterocycles. The minimum Gasteiger partial charge on any atom is -0.471 e. The number of halogens is 1. The smallest absolute Gasteiger partial charge is 0.253 e. The van der Waals surface area contributed by atoms with Crippen LogP contribution in [0.1, 0.15) is 28.6 Å². The van der Waals surface area contributed by atoms with Crippen LogP contribution in [0.25, 0.3) is 0 Å². The van der Waals surface area contributed by atoms with E-state index in [1.807, 2.05) is 0 Å². The Bertz CT molecular complexity index is 700. The molecule has 1 unspecified atom stereocenters. The Morgan fingerprint density at radius 3 is 3.04 bits per heavy atom. The minimum absolute atomic E-state index is 0.0551. The lowest BCUT2D eigenvalue weighted by molar-refractivity contribution is 0.0946. The van der Waals surface area contributed by atoms with Crippen LogP contribution in [0.5, 0.6) is 5.88 Å². The van der Waals surface area contributed by atoms with Crippen molar-refractivity contribution in [3.05, 3.63) is 34.6 Å². The van der Waals surface area contributed by atoms with Crippen molar-refractivity contribution in [2.45, 2.75) is 26.0 Å². The summed E-state index contributed by atoms with van der Waals surface area (Å²) in [6, 6.07) is 1.51. The fourth-order valence-corrected chi connectivity index (χ4v) is 2.28. The molecule has 1 fully saturated rings. The molecule has 122 valence electrons. The fraction of sp³-hybridized carbons (Fsp3) is 0.429. The molecule has 2 aromatic rings. The molecule has 0 aliphatic carbocycles. The molecule has 1 aliphatic rings. The van der Waals surface area contributed by atoms with Crippen LogP contribution in [-0.2, 0) is 11.3 Å². The van der Waals surface area contributed by atoms with Crippen LogP contribution in [-0.4, -0.2) is 40.4 Å². The Hall–Kier alpha value is -2.19. The molecule has 2 aromatic heterocycles. The number of carbonyl (C=O) groups excluding carboxylic acids is 1. The van der Waals surface area contributed by atoms with E-state index in [0.717, 1.165) is 6.42 Å². The van der Waals surface area contributed by atoms with Crippen LogP contribution in [0.2, 0.25) is 5.02 Å². The van der Waals surface area contributed by atoms with Gasteiger partial charge in [0.1, 0.15) is 11.1 Å². The van der Waals surface area contributed by atoms with Crippen molar-refractivity contribution in [3.63, 3.8) is 0 Å². The summed E-state index contributed by atoms with van der Waals surface area (Å²) in [5.41, 5.74) is 0.321. The second-order valence-corrected chi connectivity index (χ2v) is 5.42. The SMILES string of the molecule is Cc1nnc(CNC(=O)c2cnc(OC3CCOC3)c(Cl)c2)o1. The van der Waals surface area contributed by atoms with Gasteiger partial charge in [-0.05, 0) is 6.07 Å². The zero-order valence-corrected chi connectivity index (χ0v) is 13.2. The number of pyridine rings is 1. The molecule has 1 amide bonds. The Labute approximate surface area is 137 Å². The van der Waals surface area contributed by atoms with Gasteiger partial charge in [-0.15, -0.1) is 10.2 Å². The maximum atomic E-state index is 12.1. The minimum atomic E-state index is -0.342. The van der Waals surface area contributed by atoms with Gasteiger partial charge in [0.25, 0.3) is 5.91 Å². The first kappa shape index (κ1) is 15.7. The van der Waals surface area contributed by atoms with Gasteiger partial charge < -0.3 is 19.2 Å². The van der Waals surface area contributed by atoms with E-state index in [1.54, 1.807) is 6.92 Å². The second kappa shape index (κ2) is 6.93. The topological polar surface area (TPSA) is 99.4 Å². The van der Waals surface area contributed by atoms with Crippen LogP contribution in [0, 0.1) is 6.92 Å². The van der Waals surface area contributed by atoms with Crippen molar-refractivity contribution in [3.8, 4) is 5.88 Å². The van der Waals surface area contributed by atoms with E-state index in [9.17, 15) is 4.79 Å². The Morgan fingerprint density at radius 2 is 2.39 bits per heavy atom. The molecular formula is C14H15ClN4O4. The van der Waals surface area contributed by atoms with Gasteiger partial charge in [0.2, 0.25) is 17.7 Å². The maximum absolute atomic E-state index is 12.1. The summed E-state index contributed by atoms with van der Waals surface area (Å²) in [6.07, 6.45) is 2.15. The highest BCUT2D eigenvalue weighted by atomic mass is 35.5. The molecule has 0 bridgehead atoms. The molecule has 1 atom stereocenters. The molecule has 9 heteroatoms. The summed E-state index contributed by atoms with van der Waals surface area (Å²) in [6.45, 7) is 2.99. The van der Waals surface area contributed by atoms with Crippen molar-refractivity contribution < 1.29 is 18.7 Å². The third kappa shape index (κ3) is 3.96. The molecule has 0 spiro atoms. The van der Waals surface area contributed by atoms with Crippen LogP contribution < -0.4 is 10.1 Å². The summed E-state index contributed by atoms with van der Waals surface area (Å²) >= 11 is 6.12. The Morgan fingerprint density at radius 1 is 1.52 bits per heavy atom. The number of hydrogen-bond acceptors (Lipinski definition) is 7. The first-order valence-electron chi connectivity index (χ1n) is 7.09. The van der Waals surface area contributed by atoms with Crippen molar-refractivity contribution >= 4 is 17.5 Å². The molecule has 23 heavy (non-hydrogen) atoms. The Balaban J connectivity index is 1.60. The average Bonchev–Trinajstić information content (AvgIpc) is 3.18. The number of ether oxygens (including phenoxy) is 2. The molecular weight excluding hydrogens is 324 g/mol. The molecule has 3 rings (SSSR count). The largest absolute Gasteiger partial charge is 0.471 e. The van der Waals surface area contributed by atoms with Crippen LogP contribution in [0.3, 0.4) is 0 Å². The number of rotatable bonds is 5. The van der Waals surface area contributed by atoms with E-state index in [0.29, 0.717) is 36.4 Å². The zero-order valence-electron chi connectivity index (χ0n) is 12.4. The predicted octanol–water partition coefficient (Wildman–Crippen LogP) is 1.52. The quantitative estimate of drug-likeness (QED) is 0.882. The molecule has 8 nitrogen and oxygen atoms in total. The lowest BCUT2D eigenvalue weighted by atomic mass is 10.2. The van der Waals surface area contributed by atoms with E-state index in [2.05, 4.69) is 20.5 Å². The average molecular weight is 339 g/mol. The van der Waals surface area contributed by atoms with Gasteiger partial charge in [0.15, 0.2) is 0 Å². The summed E-state index contributed by atoms with van der Waals surface area (Å²) in [5.74, 6) is 0.727. The van der Waals surface area contributed by atoms with Gasteiger partial charge in [-0.3, -0.25) is 4.79 Å². The zero-order chi connectivity index (χ0) is 16.2. The lowest BCUT2D eigenvalue weighted by Gasteiger charge is -2.12. The second-order valence-electron chi connectivity index (χ2n) is 5.01. The van der Waals surface area contributed by atoms with E-state index in [-0.39, 0.29) is 23.6 Å². The molecule has 0 saturated carbocycles. The number of aromatic nitrogens is 3. The van der Waals surface area contributed by atoms with Gasteiger partial charge in [0, 0.05) is 19.5 Å². The van der Waals surface area contributed by atoms with Gasteiger partial charge in [-0.1, -0.05) is 11.6 Å². The number of aryl methyl sites for hydroxylation is 1. The van der Waals surface area contributed by atoms with Crippen molar-refractivity contribution in [2.75, 3.05) is 13.2 Å². The number of carbonyl (C=O) groups is 1. The van der Waals surface area contributed by atoms with E-state index >= 15 is 0 Å². The molecule has 1 N–H and O–H groups in total. The molecule has 1 aliphatic heterocycles.